The van der Waals surface area contributed by atoms with Crippen LogP contribution in [0.15, 0.2) is 48.5 Å². The van der Waals surface area contributed by atoms with Crippen LogP contribution in [0.1, 0.15) is 56.7 Å². The molecule has 1 heterocycles. The summed E-state index contributed by atoms with van der Waals surface area (Å²) in [6.45, 7) is 9.70. The van der Waals surface area contributed by atoms with Gasteiger partial charge in [0.15, 0.2) is 0 Å². The first kappa shape index (κ1) is 19.9. The lowest BCUT2D eigenvalue weighted by Crippen LogP contribution is -2.44. The largest absolute Gasteiger partial charge is 0.311 e. The average Bonchev–Trinajstić information content (AvgIpc) is 2.99. The van der Waals surface area contributed by atoms with Gasteiger partial charge in [-0.15, -0.1) is 0 Å². The first-order valence-electron chi connectivity index (χ1n) is 9.79. The molecule has 142 valence electrons. The molecule has 1 saturated heterocycles. The van der Waals surface area contributed by atoms with Crippen LogP contribution in [0.2, 0.25) is 5.02 Å². The van der Waals surface area contributed by atoms with Crippen LogP contribution in [0.5, 0.6) is 0 Å². The van der Waals surface area contributed by atoms with Gasteiger partial charge in [0.2, 0.25) is 0 Å². The van der Waals surface area contributed by atoms with Crippen LogP contribution in [-0.4, -0.2) is 12.6 Å². The Kier molecular flexibility index (Phi) is 5.65. The number of hydrogen-bond donors (Lipinski definition) is 1. The molecule has 1 aliphatic heterocycles. The lowest BCUT2D eigenvalue weighted by molar-refractivity contribution is 0.282. The van der Waals surface area contributed by atoms with Crippen molar-refractivity contribution in [3.05, 3.63) is 70.2 Å². The van der Waals surface area contributed by atoms with Crippen LogP contribution < -0.4 is 5.32 Å². The number of nitrogens with one attached hydrogen (secondary N) is 1. The summed E-state index contributed by atoms with van der Waals surface area (Å²) in [6.07, 6.45) is 1.94. The summed E-state index contributed by atoms with van der Waals surface area (Å²) in [6, 6.07) is 19.5. The number of halogens is 1. The highest BCUT2D eigenvalue weighted by Gasteiger charge is 2.53. The van der Waals surface area contributed by atoms with E-state index < -0.39 is 5.41 Å². The van der Waals surface area contributed by atoms with Gasteiger partial charge in [0.1, 0.15) is 5.41 Å². The predicted octanol–water partition coefficient (Wildman–Crippen LogP) is 5.86. The molecule has 3 atom stereocenters. The molecule has 3 rings (SSSR count). The Hall–Kier alpha value is -1.82. The number of hydrogen-bond acceptors (Lipinski definition) is 2. The Balaban J connectivity index is 2.14. The molecule has 0 amide bonds. The summed E-state index contributed by atoms with van der Waals surface area (Å²) in [7, 11) is 0. The second kappa shape index (κ2) is 7.66. The molecule has 27 heavy (non-hydrogen) atoms. The zero-order chi connectivity index (χ0) is 19.7. The highest BCUT2D eigenvalue weighted by Crippen LogP contribution is 2.48. The van der Waals surface area contributed by atoms with Crippen molar-refractivity contribution in [2.75, 3.05) is 6.54 Å². The summed E-state index contributed by atoms with van der Waals surface area (Å²) in [5, 5.41) is 14.9. The third-order valence-corrected chi connectivity index (χ3v) is 6.00. The van der Waals surface area contributed by atoms with Gasteiger partial charge in [-0.3, -0.25) is 0 Å². The predicted molar refractivity (Wildman–Crippen MR) is 113 cm³/mol. The molecule has 1 fully saturated rings. The normalized spacial score (nSPS) is 25.3. The Morgan fingerprint density at radius 1 is 1.19 bits per heavy atom. The maximum Gasteiger partial charge on any atom is 0.105 e. The molecule has 0 spiro atoms. The topological polar surface area (TPSA) is 35.8 Å². The highest BCUT2D eigenvalue weighted by atomic mass is 35.5. The quantitative estimate of drug-likeness (QED) is 0.721. The van der Waals surface area contributed by atoms with Crippen LogP contribution >= 0.6 is 11.6 Å². The molecule has 2 aromatic carbocycles. The molecule has 0 radical (unpaired) electrons. The Bertz CT molecular complexity index is 829. The summed E-state index contributed by atoms with van der Waals surface area (Å²) < 4.78 is 0. The van der Waals surface area contributed by atoms with Crippen LogP contribution in [0.4, 0.5) is 0 Å². The van der Waals surface area contributed by atoms with Gasteiger partial charge < -0.3 is 5.32 Å². The molecule has 1 aliphatic rings. The first-order valence-corrected chi connectivity index (χ1v) is 10.2. The van der Waals surface area contributed by atoms with Gasteiger partial charge in [0, 0.05) is 23.5 Å². The van der Waals surface area contributed by atoms with E-state index in [0.717, 1.165) is 24.9 Å². The minimum Gasteiger partial charge on any atom is -0.311 e. The van der Waals surface area contributed by atoms with E-state index in [2.05, 4.69) is 63.3 Å². The molecule has 0 aliphatic carbocycles. The van der Waals surface area contributed by atoms with E-state index in [9.17, 15) is 5.26 Å². The zero-order valence-electron chi connectivity index (χ0n) is 16.7. The van der Waals surface area contributed by atoms with E-state index in [1.54, 1.807) is 0 Å². The zero-order valence-corrected chi connectivity index (χ0v) is 17.5. The molecule has 0 bridgehead atoms. The van der Waals surface area contributed by atoms with Crippen molar-refractivity contribution in [2.45, 2.75) is 57.9 Å². The van der Waals surface area contributed by atoms with Crippen LogP contribution in [-0.2, 0) is 11.8 Å². The van der Waals surface area contributed by atoms with E-state index in [-0.39, 0.29) is 17.4 Å². The summed E-state index contributed by atoms with van der Waals surface area (Å²) >= 11 is 6.14. The lowest BCUT2D eigenvalue weighted by Gasteiger charge is -2.37. The van der Waals surface area contributed by atoms with Crippen molar-refractivity contribution in [3.63, 3.8) is 0 Å². The molecule has 0 saturated carbocycles. The molecule has 2 unspecified atom stereocenters. The first-order chi connectivity index (χ1) is 12.8. The maximum atomic E-state index is 10.5. The number of nitrogens with zero attached hydrogens (tertiary/aromatic N) is 1. The Labute approximate surface area is 168 Å². The van der Waals surface area contributed by atoms with Gasteiger partial charge in [0.05, 0.1) is 6.07 Å². The molecule has 0 aromatic heterocycles. The number of benzene rings is 2. The second-order valence-electron chi connectivity index (χ2n) is 8.86. The van der Waals surface area contributed by atoms with Crippen LogP contribution in [0.3, 0.4) is 0 Å². The highest BCUT2D eigenvalue weighted by molar-refractivity contribution is 6.30. The third kappa shape index (κ3) is 3.91. The SMILES string of the molecule is CCc1cccc(C2CNC(CC(C)(C)C)[C@]2(C#N)c2ccc(Cl)cc2)c1. The minimum atomic E-state index is -0.607. The fourth-order valence-corrected chi connectivity index (χ4v) is 4.56. The van der Waals surface area contributed by atoms with Crippen molar-refractivity contribution in [3.8, 4) is 6.07 Å². The summed E-state index contributed by atoms with van der Waals surface area (Å²) in [5.74, 6) is 0.113. The second-order valence-corrected chi connectivity index (χ2v) is 9.30. The fourth-order valence-electron chi connectivity index (χ4n) is 4.43. The molecule has 1 N–H and O–H groups in total. The van der Waals surface area contributed by atoms with E-state index in [4.69, 9.17) is 11.6 Å². The summed E-state index contributed by atoms with van der Waals surface area (Å²) in [5.41, 5.74) is 3.14. The number of nitriles is 1. The molecular weight excluding hydrogens is 352 g/mol. The summed E-state index contributed by atoms with van der Waals surface area (Å²) in [4.78, 5) is 0. The van der Waals surface area contributed by atoms with E-state index >= 15 is 0 Å². The Morgan fingerprint density at radius 3 is 2.48 bits per heavy atom. The van der Waals surface area contributed by atoms with Crippen LogP contribution in [0.25, 0.3) is 0 Å². The van der Waals surface area contributed by atoms with Crippen molar-refractivity contribution in [1.82, 2.24) is 5.32 Å². The molecule has 2 nitrogen and oxygen atoms in total. The molecule has 3 heteroatoms. The van der Waals surface area contributed by atoms with Gasteiger partial charge in [0.25, 0.3) is 0 Å². The van der Waals surface area contributed by atoms with Gasteiger partial charge >= 0.3 is 0 Å². The third-order valence-electron chi connectivity index (χ3n) is 5.75. The van der Waals surface area contributed by atoms with Crippen molar-refractivity contribution < 1.29 is 0 Å². The van der Waals surface area contributed by atoms with E-state index in [0.29, 0.717) is 5.02 Å². The average molecular weight is 381 g/mol. The van der Waals surface area contributed by atoms with Crippen molar-refractivity contribution >= 4 is 11.6 Å². The minimum absolute atomic E-state index is 0.0963. The van der Waals surface area contributed by atoms with Gasteiger partial charge in [-0.25, -0.2) is 0 Å². The fraction of sp³-hybridized carbons (Fsp3) is 0.458. The lowest BCUT2D eigenvalue weighted by atomic mass is 9.64. The van der Waals surface area contributed by atoms with E-state index in [1.165, 1.54) is 11.1 Å². The van der Waals surface area contributed by atoms with Crippen molar-refractivity contribution in [2.24, 2.45) is 5.41 Å². The van der Waals surface area contributed by atoms with Gasteiger partial charge in [-0.1, -0.05) is 75.7 Å². The van der Waals surface area contributed by atoms with Crippen LogP contribution in [0, 0.1) is 16.7 Å². The van der Waals surface area contributed by atoms with E-state index in [1.807, 2.05) is 24.3 Å². The number of aryl methyl sites for hydroxylation is 1. The number of rotatable bonds is 4. The molecular formula is C24H29ClN2. The molecule has 2 aromatic rings. The van der Waals surface area contributed by atoms with Gasteiger partial charge in [-0.2, -0.15) is 5.26 Å². The monoisotopic (exact) mass is 380 g/mol. The van der Waals surface area contributed by atoms with Crippen molar-refractivity contribution in [1.29, 1.82) is 5.26 Å². The standard InChI is InChI=1S/C24H29ClN2/c1-5-17-7-6-8-18(13-17)21-15-27-22(14-23(2,3)4)24(21,16-26)19-9-11-20(25)12-10-19/h6-13,21-22,27H,5,14-15H2,1-4H3/t21?,22?,24-/m1/s1. The Morgan fingerprint density at radius 2 is 1.89 bits per heavy atom. The maximum absolute atomic E-state index is 10.5. The smallest absolute Gasteiger partial charge is 0.105 e. The van der Waals surface area contributed by atoms with Gasteiger partial charge in [-0.05, 0) is 47.1 Å².